The van der Waals surface area contributed by atoms with E-state index in [0.717, 1.165) is 0 Å². The topological polar surface area (TPSA) is 73.9 Å². The Labute approximate surface area is 140 Å². The summed E-state index contributed by atoms with van der Waals surface area (Å²) < 4.78 is 15.7. The first-order chi connectivity index (χ1) is 10.9. The molecule has 1 atom stereocenters. The molecule has 1 heterocycles. The molecule has 1 amide bonds. The highest BCUT2D eigenvalue weighted by Crippen LogP contribution is 2.38. The second kappa shape index (κ2) is 7.08. The molecule has 0 bridgehead atoms. The third kappa shape index (κ3) is 3.88. The minimum Gasteiger partial charge on any atom is -0.486 e. The number of fused-ring (bicyclic) bond motifs is 1. The minimum absolute atomic E-state index is 0.0724. The van der Waals surface area contributed by atoms with Crippen LogP contribution in [-0.4, -0.2) is 37.7 Å². The van der Waals surface area contributed by atoms with Crippen molar-refractivity contribution in [3.63, 3.8) is 0 Å². The molecule has 0 spiro atoms. The van der Waals surface area contributed by atoms with Gasteiger partial charge in [-0.25, -0.2) is 4.79 Å². The highest BCUT2D eigenvalue weighted by atomic mass is 35.5. The maximum absolute atomic E-state index is 12.3. The molecule has 1 aliphatic heterocycles. The van der Waals surface area contributed by atoms with Crippen molar-refractivity contribution in [2.24, 2.45) is 0 Å². The quantitative estimate of drug-likeness (QED) is 0.830. The maximum atomic E-state index is 12.3. The molecule has 2 rings (SSSR count). The Bertz CT molecular complexity index is 619. The van der Waals surface area contributed by atoms with Gasteiger partial charge in [-0.2, -0.15) is 0 Å². The standard InChI is InChI=1S/C16H20ClNO5/c1-4-16(2,15(20)21-3)18-13(19)9-10-7-11(17)14-12(8-10)22-5-6-23-14/h7-8H,4-6,9H2,1-3H3,(H,18,19)/t16-/m0/s1. The van der Waals surface area contributed by atoms with E-state index in [4.69, 9.17) is 25.8 Å². The number of benzene rings is 1. The summed E-state index contributed by atoms with van der Waals surface area (Å²) in [4.78, 5) is 24.1. The molecule has 7 heteroatoms. The first-order valence-electron chi connectivity index (χ1n) is 7.37. The fourth-order valence-corrected chi connectivity index (χ4v) is 2.60. The average Bonchev–Trinajstić information content (AvgIpc) is 2.53. The highest BCUT2D eigenvalue weighted by molar-refractivity contribution is 6.32. The Kier molecular flexibility index (Phi) is 5.36. The Morgan fingerprint density at radius 3 is 2.70 bits per heavy atom. The van der Waals surface area contributed by atoms with Crippen LogP contribution >= 0.6 is 11.6 Å². The van der Waals surface area contributed by atoms with E-state index in [1.165, 1.54) is 7.11 Å². The van der Waals surface area contributed by atoms with E-state index in [2.05, 4.69) is 5.32 Å². The normalized spacial score (nSPS) is 15.5. The average molecular weight is 342 g/mol. The molecule has 126 valence electrons. The van der Waals surface area contributed by atoms with Crippen LogP contribution in [0.4, 0.5) is 0 Å². The zero-order chi connectivity index (χ0) is 17.0. The van der Waals surface area contributed by atoms with Gasteiger partial charge < -0.3 is 19.5 Å². The predicted octanol–water partition coefficient (Wildman–Crippen LogP) is 2.11. The van der Waals surface area contributed by atoms with Crippen LogP contribution in [0.1, 0.15) is 25.8 Å². The van der Waals surface area contributed by atoms with Crippen LogP contribution < -0.4 is 14.8 Å². The third-order valence-corrected chi connectivity index (χ3v) is 4.06. The molecule has 1 aromatic carbocycles. The van der Waals surface area contributed by atoms with Crippen molar-refractivity contribution in [2.75, 3.05) is 20.3 Å². The number of hydrogen-bond donors (Lipinski definition) is 1. The number of nitrogens with one attached hydrogen (secondary N) is 1. The lowest BCUT2D eigenvalue weighted by Gasteiger charge is -2.26. The molecule has 1 aromatic rings. The Hall–Kier alpha value is -1.95. The lowest BCUT2D eigenvalue weighted by atomic mass is 9.98. The first-order valence-corrected chi connectivity index (χ1v) is 7.75. The molecule has 0 unspecified atom stereocenters. The third-order valence-electron chi connectivity index (χ3n) is 3.78. The Morgan fingerprint density at radius 2 is 2.04 bits per heavy atom. The maximum Gasteiger partial charge on any atom is 0.331 e. The van der Waals surface area contributed by atoms with Gasteiger partial charge in [0.2, 0.25) is 5.91 Å². The summed E-state index contributed by atoms with van der Waals surface area (Å²) in [5, 5.41) is 3.11. The van der Waals surface area contributed by atoms with Crippen molar-refractivity contribution in [3.8, 4) is 11.5 Å². The number of esters is 1. The Morgan fingerprint density at radius 1 is 1.35 bits per heavy atom. The second-order valence-corrected chi connectivity index (χ2v) is 5.91. The van der Waals surface area contributed by atoms with E-state index in [1.807, 2.05) is 0 Å². The van der Waals surface area contributed by atoms with Gasteiger partial charge in [-0.1, -0.05) is 18.5 Å². The van der Waals surface area contributed by atoms with Crippen LogP contribution in [0.5, 0.6) is 11.5 Å². The van der Waals surface area contributed by atoms with Crippen LogP contribution in [0.3, 0.4) is 0 Å². The lowest BCUT2D eigenvalue weighted by molar-refractivity contribution is -0.150. The molecule has 0 radical (unpaired) electrons. The smallest absolute Gasteiger partial charge is 0.331 e. The molecule has 23 heavy (non-hydrogen) atoms. The van der Waals surface area contributed by atoms with Crippen molar-refractivity contribution < 1.29 is 23.8 Å². The summed E-state index contributed by atoms with van der Waals surface area (Å²) in [5.74, 6) is 0.244. The molecule has 6 nitrogen and oxygen atoms in total. The van der Waals surface area contributed by atoms with E-state index in [1.54, 1.807) is 26.0 Å². The lowest BCUT2D eigenvalue weighted by Crippen LogP contribution is -2.52. The number of hydrogen-bond acceptors (Lipinski definition) is 5. The summed E-state index contributed by atoms with van der Waals surface area (Å²) in [6.45, 7) is 4.32. The molecule has 0 saturated carbocycles. The highest BCUT2D eigenvalue weighted by Gasteiger charge is 2.34. The zero-order valence-corrected chi connectivity index (χ0v) is 14.2. The van der Waals surface area contributed by atoms with E-state index < -0.39 is 11.5 Å². The van der Waals surface area contributed by atoms with Crippen molar-refractivity contribution >= 4 is 23.5 Å². The van der Waals surface area contributed by atoms with Gasteiger partial charge in [0.05, 0.1) is 18.6 Å². The minimum atomic E-state index is -1.05. The summed E-state index contributed by atoms with van der Waals surface area (Å²) >= 11 is 6.15. The molecule has 0 aromatic heterocycles. The van der Waals surface area contributed by atoms with Crippen LogP contribution in [0.2, 0.25) is 5.02 Å². The molecule has 1 N–H and O–H groups in total. The van der Waals surface area contributed by atoms with Crippen molar-refractivity contribution in [1.29, 1.82) is 0 Å². The first kappa shape index (κ1) is 17.4. The molecule has 1 aliphatic rings. The molecule has 0 fully saturated rings. The number of halogens is 1. The number of carbonyl (C=O) groups is 2. The number of carbonyl (C=O) groups excluding carboxylic acids is 2. The molecular weight excluding hydrogens is 322 g/mol. The number of methoxy groups -OCH3 is 1. The van der Waals surface area contributed by atoms with Gasteiger partial charge in [0, 0.05) is 0 Å². The summed E-state index contributed by atoms with van der Waals surface area (Å²) in [7, 11) is 1.29. The van der Waals surface area contributed by atoms with Crippen LogP contribution in [-0.2, 0) is 20.7 Å². The van der Waals surface area contributed by atoms with Crippen molar-refractivity contribution in [3.05, 3.63) is 22.7 Å². The predicted molar refractivity (Wildman–Crippen MR) is 85.0 cm³/mol. The van der Waals surface area contributed by atoms with E-state index in [0.29, 0.717) is 41.7 Å². The van der Waals surface area contributed by atoms with E-state index in [-0.39, 0.29) is 12.3 Å². The van der Waals surface area contributed by atoms with Crippen LogP contribution in [0, 0.1) is 0 Å². The van der Waals surface area contributed by atoms with Crippen LogP contribution in [0.25, 0.3) is 0 Å². The second-order valence-electron chi connectivity index (χ2n) is 5.50. The number of rotatable bonds is 5. The summed E-state index contributed by atoms with van der Waals surface area (Å²) in [6.07, 6.45) is 0.496. The van der Waals surface area contributed by atoms with Gasteiger partial charge in [-0.05, 0) is 31.0 Å². The SMILES string of the molecule is CC[C@](C)(NC(=O)Cc1cc(Cl)c2c(c1)OCCO2)C(=O)OC. The molecular formula is C16H20ClNO5. The van der Waals surface area contributed by atoms with Gasteiger partial charge in [0.1, 0.15) is 18.8 Å². The zero-order valence-electron chi connectivity index (χ0n) is 13.4. The fourth-order valence-electron chi connectivity index (χ4n) is 2.31. The monoisotopic (exact) mass is 341 g/mol. The van der Waals surface area contributed by atoms with Gasteiger partial charge in [0.15, 0.2) is 11.5 Å². The van der Waals surface area contributed by atoms with Crippen molar-refractivity contribution in [2.45, 2.75) is 32.2 Å². The van der Waals surface area contributed by atoms with E-state index >= 15 is 0 Å². The number of amides is 1. The molecule has 0 aliphatic carbocycles. The largest absolute Gasteiger partial charge is 0.486 e. The van der Waals surface area contributed by atoms with Gasteiger partial charge in [-0.15, -0.1) is 0 Å². The fraction of sp³-hybridized carbons (Fsp3) is 0.500. The summed E-state index contributed by atoms with van der Waals surface area (Å²) in [6, 6.07) is 3.39. The van der Waals surface area contributed by atoms with Gasteiger partial charge >= 0.3 is 5.97 Å². The summed E-state index contributed by atoms with van der Waals surface area (Å²) in [5.41, 5.74) is -0.372. The molecule has 0 saturated heterocycles. The van der Waals surface area contributed by atoms with Crippen LogP contribution in [0.15, 0.2) is 12.1 Å². The Balaban J connectivity index is 2.11. The van der Waals surface area contributed by atoms with Gasteiger partial charge in [-0.3, -0.25) is 4.79 Å². The van der Waals surface area contributed by atoms with E-state index in [9.17, 15) is 9.59 Å². The number of ether oxygens (including phenoxy) is 3. The van der Waals surface area contributed by atoms with Crippen molar-refractivity contribution in [1.82, 2.24) is 5.32 Å². The van der Waals surface area contributed by atoms with Gasteiger partial charge in [0.25, 0.3) is 0 Å².